The molecule has 1 N–H and O–H groups in total. The summed E-state index contributed by atoms with van der Waals surface area (Å²) in [5.41, 5.74) is 3.84. The smallest absolute Gasteiger partial charge is 0.306 e. The summed E-state index contributed by atoms with van der Waals surface area (Å²) in [7, 11) is 0. The van der Waals surface area contributed by atoms with Gasteiger partial charge in [-0.3, -0.25) is 4.79 Å². The lowest BCUT2D eigenvalue weighted by Gasteiger charge is -2.10. The monoisotopic (exact) mass is 220 g/mol. The molecule has 0 saturated carbocycles. The Labute approximate surface area is 97.3 Å². The summed E-state index contributed by atoms with van der Waals surface area (Å²) in [6, 6.07) is 6.33. The SMILES string of the molecule is CCc1ccc(CC(C)C(=O)O)cc1CC. The van der Waals surface area contributed by atoms with E-state index in [0.29, 0.717) is 6.42 Å². The van der Waals surface area contributed by atoms with Gasteiger partial charge in [0.1, 0.15) is 0 Å². The van der Waals surface area contributed by atoms with Crippen LogP contribution >= 0.6 is 0 Å². The van der Waals surface area contributed by atoms with E-state index in [9.17, 15) is 4.79 Å². The molecule has 1 aromatic rings. The maximum atomic E-state index is 10.8. The van der Waals surface area contributed by atoms with Crippen molar-refractivity contribution in [1.82, 2.24) is 0 Å². The predicted octanol–water partition coefficient (Wildman–Crippen LogP) is 3.07. The van der Waals surface area contributed by atoms with Gasteiger partial charge in [0.05, 0.1) is 5.92 Å². The van der Waals surface area contributed by atoms with E-state index in [1.807, 2.05) is 0 Å². The number of aryl methyl sites for hydroxylation is 2. The average Bonchev–Trinajstić information content (AvgIpc) is 2.28. The standard InChI is InChI=1S/C14H20O2/c1-4-12-7-6-11(9-13(12)5-2)8-10(3)14(15)16/h6-7,9-10H,4-5,8H2,1-3H3,(H,15,16). The molecule has 1 unspecified atom stereocenters. The van der Waals surface area contributed by atoms with Crippen LogP contribution in [-0.4, -0.2) is 11.1 Å². The summed E-state index contributed by atoms with van der Waals surface area (Å²) in [4.78, 5) is 10.8. The predicted molar refractivity (Wildman–Crippen MR) is 65.7 cm³/mol. The molecule has 0 aliphatic rings. The second-order valence-electron chi connectivity index (χ2n) is 4.25. The van der Waals surface area contributed by atoms with E-state index in [-0.39, 0.29) is 5.92 Å². The van der Waals surface area contributed by atoms with E-state index in [1.165, 1.54) is 11.1 Å². The maximum Gasteiger partial charge on any atom is 0.306 e. The first-order chi connectivity index (χ1) is 7.58. The molecule has 0 amide bonds. The van der Waals surface area contributed by atoms with Crippen LogP contribution in [0.2, 0.25) is 0 Å². The first kappa shape index (κ1) is 12.8. The summed E-state index contributed by atoms with van der Waals surface area (Å²) < 4.78 is 0. The third kappa shape index (κ3) is 3.09. The minimum Gasteiger partial charge on any atom is -0.481 e. The van der Waals surface area contributed by atoms with Crippen LogP contribution < -0.4 is 0 Å². The van der Waals surface area contributed by atoms with Gasteiger partial charge in [-0.2, -0.15) is 0 Å². The van der Waals surface area contributed by atoms with E-state index in [1.54, 1.807) is 6.92 Å². The molecule has 0 heterocycles. The highest BCUT2D eigenvalue weighted by Gasteiger charge is 2.12. The van der Waals surface area contributed by atoms with Crippen LogP contribution in [0, 0.1) is 5.92 Å². The van der Waals surface area contributed by atoms with E-state index < -0.39 is 5.97 Å². The van der Waals surface area contributed by atoms with Crippen molar-refractivity contribution in [2.75, 3.05) is 0 Å². The Morgan fingerprint density at radius 3 is 2.38 bits per heavy atom. The highest BCUT2D eigenvalue weighted by atomic mass is 16.4. The molecule has 0 saturated heterocycles. The summed E-state index contributed by atoms with van der Waals surface area (Å²) in [5.74, 6) is -1.03. The van der Waals surface area contributed by atoms with Crippen molar-refractivity contribution in [3.05, 3.63) is 34.9 Å². The van der Waals surface area contributed by atoms with Crippen molar-refractivity contribution in [2.45, 2.75) is 40.0 Å². The normalized spacial score (nSPS) is 12.4. The minimum absolute atomic E-state index is 0.308. The van der Waals surface area contributed by atoms with Crippen LogP contribution in [0.1, 0.15) is 37.5 Å². The summed E-state index contributed by atoms with van der Waals surface area (Å²) in [6.07, 6.45) is 2.67. The third-order valence-corrected chi connectivity index (χ3v) is 3.00. The fraction of sp³-hybridized carbons (Fsp3) is 0.500. The van der Waals surface area contributed by atoms with Crippen LogP contribution in [0.25, 0.3) is 0 Å². The number of carbonyl (C=O) groups is 1. The molecule has 88 valence electrons. The van der Waals surface area contributed by atoms with Crippen LogP contribution in [0.15, 0.2) is 18.2 Å². The van der Waals surface area contributed by atoms with Crippen LogP contribution in [0.4, 0.5) is 0 Å². The number of benzene rings is 1. The molecule has 0 radical (unpaired) electrons. The lowest BCUT2D eigenvalue weighted by Crippen LogP contribution is -2.12. The fourth-order valence-corrected chi connectivity index (χ4v) is 1.92. The van der Waals surface area contributed by atoms with E-state index in [2.05, 4.69) is 32.0 Å². The number of aliphatic carboxylic acids is 1. The summed E-state index contributed by atoms with van der Waals surface area (Å²) in [6.45, 7) is 6.04. The van der Waals surface area contributed by atoms with Gasteiger partial charge in [-0.1, -0.05) is 39.0 Å². The highest BCUT2D eigenvalue weighted by Crippen LogP contribution is 2.16. The van der Waals surface area contributed by atoms with Crippen LogP contribution in [0.5, 0.6) is 0 Å². The van der Waals surface area contributed by atoms with Gasteiger partial charge in [0.2, 0.25) is 0 Å². The molecule has 1 rings (SSSR count). The van der Waals surface area contributed by atoms with E-state index in [0.717, 1.165) is 18.4 Å². The van der Waals surface area contributed by atoms with Crippen LogP contribution in [-0.2, 0) is 24.1 Å². The Bertz CT molecular complexity index is 369. The zero-order valence-electron chi connectivity index (χ0n) is 10.3. The molecule has 16 heavy (non-hydrogen) atoms. The number of carboxylic acid groups (broad SMARTS) is 1. The second-order valence-corrected chi connectivity index (χ2v) is 4.25. The second kappa shape index (κ2) is 5.69. The lowest BCUT2D eigenvalue weighted by atomic mass is 9.95. The molecular weight excluding hydrogens is 200 g/mol. The Morgan fingerprint density at radius 2 is 1.88 bits per heavy atom. The number of carboxylic acids is 1. The van der Waals surface area contributed by atoms with Crippen LogP contribution in [0.3, 0.4) is 0 Å². The quantitative estimate of drug-likeness (QED) is 0.828. The minimum atomic E-state index is -0.724. The molecule has 0 spiro atoms. The van der Waals surface area contributed by atoms with Crippen molar-refractivity contribution < 1.29 is 9.90 Å². The maximum absolute atomic E-state index is 10.8. The van der Waals surface area contributed by atoms with Crippen molar-refractivity contribution in [3.63, 3.8) is 0 Å². The average molecular weight is 220 g/mol. The molecule has 0 fully saturated rings. The van der Waals surface area contributed by atoms with Crippen molar-refractivity contribution >= 4 is 5.97 Å². The van der Waals surface area contributed by atoms with Gasteiger partial charge in [-0.25, -0.2) is 0 Å². The van der Waals surface area contributed by atoms with Gasteiger partial charge >= 0.3 is 5.97 Å². The van der Waals surface area contributed by atoms with Crippen molar-refractivity contribution in [2.24, 2.45) is 5.92 Å². The van der Waals surface area contributed by atoms with Gasteiger partial charge in [0.15, 0.2) is 0 Å². The largest absolute Gasteiger partial charge is 0.481 e. The first-order valence-corrected chi connectivity index (χ1v) is 5.91. The van der Waals surface area contributed by atoms with Crippen molar-refractivity contribution in [1.29, 1.82) is 0 Å². The van der Waals surface area contributed by atoms with Gasteiger partial charge in [0, 0.05) is 0 Å². The van der Waals surface area contributed by atoms with Gasteiger partial charge < -0.3 is 5.11 Å². The number of rotatable bonds is 5. The zero-order valence-corrected chi connectivity index (χ0v) is 10.3. The summed E-state index contributed by atoms with van der Waals surface area (Å²) in [5, 5.41) is 8.87. The Balaban J connectivity index is 2.86. The van der Waals surface area contributed by atoms with E-state index in [4.69, 9.17) is 5.11 Å². The van der Waals surface area contributed by atoms with Crippen molar-refractivity contribution in [3.8, 4) is 0 Å². The number of hydrogen-bond donors (Lipinski definition) is 1. The zero-order chi connectivity index (χ0) is 12.1. The lowest BCUT2D eigenvalue weighted by molar-refractivity contribution is -0.141. The molecule has 2 nitrogen and oxygen atoms in total. The Kier molecular flexibility index (Phi) is 4.53. The van der Waals surface area contributed by atoms with Gasteiger partial charge in [-0.15, -0.1) is 0 Å². The fourth-order valence-electron chi connectivity index (χ4n) is 1.92. The van der Waals surface area contributed by atoms with Gasteiger partial charge in [-0.05, 0) is 36.0 Å². The van der Waals surface area contributed by atoms with E-state index >= 15 is 0 Å². The Morgan fingerprint density at radius 1 is 1.25 bits per heavy atom. The summed E-state index contributed by atoms with van der Waals surface area (Å²) >= 11 is 0. The molecule has 0 aromatic heterocycles. The topological polar surface area (TPSA) is 37.3 Å². The molecule has 0 aliphatic carbocycles. The first-order valence-electron chi connectivity index (χ1n) is 5.91. The number of hydrogen-bond acceptors (Lipinski definition) is 1. The molecule has 0 aliphatic heterocycles. The highest BCUT2D eigenvalue weighted by molar-refractivity contribution is 5.69. The third-order valence-electron chi connectivity index (χ3n) is 3.00. The molecule has 2 heteroatoms. The molecule has 1 atom stereocenters. The molecule has 0 bridgehead atoms. The molecule has 1 aromatic carbocycles. The molecular formula is C14H20O2. The van der Waals surface area contributed by atoms with Gasteiger partial charge in [0.25, 0.3) is 0 Å². The Hall–Kier alpha value is -1.31.